The third-order valence-electron chi connectivity index (χ3n) is 2.69. The Morgan fingerprint density at radius 3 is 2.50 bits per heavy atom. The maximum absolute atomic E-state index is 9.98. The summed E-state index contributed by atoms with van der Waals surface area (Å²) in [6.07, 6.45) is 3.42. The van der Waals surface area contributed by atoms with Crippen LogP contribution >= 0.6 is 0 Å². The lowest BCUT2D eigenvalue weighted by molar-refractivity contribution is 0.0456. The van der Waals surface area contributed by atoms with Crippen LogP contribution in [0.5, 0.6) is 0 Å². The summed E-state index contributed by atoms with van der Waals surface area (Å²) in [5, 5.41) is 19.6. The Morgan fingerprint density at radius 2 is 1.93 bits per heavy atom. The molecule has 1 aliphatic rings. The first kappa shape index (κ1) is 9.44. The van der Waals surface area contributed by atoms with E-state index in [4.69, 9.17) is 0 Å². The minimum atomic E-state index is -0.593. The van der Waals surface area contributed by atoms with Crippen LogP contribution in [0.2, 0.25) is 0 Å². The lowest BCUT2D eigenvalue weighted by atomic mass is 9.93. The van der Waals surface area contributed by atoms with Gasteiger partial charge in [0, 0.05) is 5.92 Å². The average Bonchev–Trinajstić information content (AvgIpc) is 2.65. The highest BCUT2D eigenvalue weighted by Gasteiger charge is 2.28. The zero-order valence-corrected chi connectivity index (χ0v) is 7.88. The summed E-state index contributed by atoms with van der Waals surface area (Å²) < 4.78 is 0. The van der Waals surface area contributed by atoms with Gasteiger partial charge in [-0.05, 0) is 12.0 Å². The van der Waals surface area contributed by atoms with Crippen LogP contribution in [0.3, 0.4) is 0 Å². The summed E-state index contributed by atoms with van der Waals surface area (Å²) >= 11 is 0. The van der Waals surface area contributed by atoms with Crippen LogP contribution in [0.15, 0.2) is 42.5 Å². The van der Waals surface area contributed by atoms with Gasteiger partial charge in [-0.2, -0.15) is 0 Å². The molecule has 0 saturated carbocycles. The molecular formula is C12H14O2. The first-order valence-electron chi connectivity index (χ1n) is 4.87. The summed E-state index contributed by atoms with van der Waals surface area (Å²) in [6, 6.07) is 9.46. The topological polar surface area (TPSA) is 40.5 Å². The number of hydrogen-bond donors (Lipinski definition) is 2. The fourth-order valence-electron chi connectivity index (χ4n) is 1.85. The van der Waals surface area contributed by atoms with E-state index in [0.29, 0.717) is 6.42 Å². The van der Waals surface area contributed by atoms with Crippen molar-refractivity contribution in [1.29, 1.82) is 0 Å². The second-order valence-corrected chi connectivity index (χ2v) is 3.66. The van der Waals surface area contributed by atoms with Crippen LogP contribution < -0.4 is 0 Å². The molecule has 2 nitrogen and oxygen atoms in total. The molecule has 14 heavy (non-hydrogen) atoms. The van der Waals surface area contributed by atoms with Crippen LogP contribution in [0.4, 0.5) is 0 Å². The Kier molecular flexibility index (Phi) is 2.66. The quantitative estimate of drug-likeness (QED) is 0.696. The van der Waals surface area contributed by atoms with E-state index in [1.54, 1.807) is 0 Å². The van der Waals surface area contributed by atoms with E-state index < -0.39 is 12.2 Å². The highest BCUT2D eigenvalue weighted by atomic mass is 16.3. The summed E-state index contributed by atoms with van der Waals surface area (Å²) in [6.45, 7) is 0. The third kappa shape index (κ3) is 1.72. The first-order valence-corrected chi connectivity index (χ1v) is 4.87. The van der Waals surface area contributed by atoms with Crippen LogP contribution in [0.25, 0.3) is 0 Å². The SMILES string of the molecule is O[C@@H]1CC=C[C@H]1[C@@H](O)c1ccccc1. The summed E-state index contributed by atoms with van der Waals surface area (Å²) in [4.78, 5) is 0. The van der Waals surface area contributed by atoms with Crippen molar-refractivity contribution in [3.05, 3.63) is 48.0 Å². The van der Waals surface area contributed by atoms with Gasteiger partial charge in [0.1, 0.15) is 0 Å². The predicted molar refractivity (Wildman–Crippen MR) is 54.7 cm³/mol. The number of aliphatic hydroxyl groups is 2. The molecule has 0 aliphatic heterocycles. The van der Waals surface area contributed by atoms with E-state index in [9.17, 15) is 10.2 Å². The average molecular weight is 190 g/mol. The Bertz CT molecular complexity index is 318. The molecule has 0 amide bonds. The van der Waals surface area contributed by atoms with Gasteiger partial charge in [0.2, 0.25) is 0 Å². The van der Waals surface area contributed by atoms with Crippen LogP contribution in [0, 0.1) is 5.92 Å². The van der Waals surface area contributed by atoms with Gasteiger partial charge in [0.25, 0.3) is 0 Å². The fraction of sp³-hybridized carbons (Fsp3) is 0.333. The van der Waals surface area contributed by atoms with Gasteiger partial charge >= 0.3 is 0 Å². The highest BCUT2D eigenvalue weighted by Crippen LogP contribution is 2.30. The number of aliphatic hydroxyl groups excluding tert-OH is 2. The molecule has 0 heterocycles. The van der Waals surface area contributed by atoms with Crippen molar-refractivity contribution in [3.63, 3.8) is 0 Å². The lowest BCUT2D eigenvalue weighted by Gasteiger charge is -2.20. The molecule has 0 aromatic heterocycles. The summed E-state index contributed by atoms with van der Waals surface area (Å²) in [7, 11) is 0. The second-order valence-electron chi connectivity index (χ2n) is 3.66. The third-order valence-corrected chi connectivity index (χ3v) is 2.69. The minimum Gasteiger partial charge on any atom is -0.392 e. The van der Waals surface area contributed by atoms with E-state index in [1.165, 1.54) is 0 Å². The Hall–Kier alpha value is -1.12. The normalized spacial score (nSPS) is 27.9. The molecule has 2 N–H and O–H groups in total. The van der Waals surface area contributed by atoms with Gasteiger partial charge in [-0.3, -0.25) is 0 Å². The molecule has 2 heteroatoms. The van der Waals surface area contributed by atoms with Crippen molar-refractivity contribution in [2.75, 3.05) is 0 Å². The van der Waals surface area contributed by atoms with Crippen molar-refractivity contribution in [3.8, 4) is 0 Å². The van der Waals surface area contributed by atoms with E-state index in [0.717, 1.165) is 5.56 Å². The monoisotopic (exact) mass is 190 g/mol. The lowest BCUT2D eigenvalue weighted by Crippen LogP contribution is -2.21. The van der Waals surface area contributed by atoms with Crippen LogP contribution in [-0.4, -0.2) is 16.3 Å². The van der Waals surface area contributed by atoms with Gasteiger partial charge in [-0.25, -0.2) is 0 Å². The van der Waals surface area contributed by atoms with Crippen LogP contribution in [0.1, 0.15) is 18.1 Å². The first-order chi connectivity index (χ1) is 6.79. The van der Waals surface area contributed by atoms with Gasteiger partial charge in [-0.1, -0.05) is 42.5 Å². The maximum Gasteiger partial charge on any atom is 0.0877 e. The molecule has 0 radical (unpaired) electrons. The fourth-order valence-corrected chi connectivity index (χ4v) is 1.85. The van der Waals surface area contributed by atoms with Gasteiger partial charge in [0.05, 0.1) is 12.2 Å². The van der Waals surface area contributed by atoms with E-state index in [-0.39, 0.29) is 5.92 Å². The summed E-state index contributed by atoms with van der Waals surface area (Å²) in [5.41, 5.74) is 0.864. The smallest absolute Gasteiger partial charge is 0.0877 e. The molecule has 0 fully saturated rings. The zero-order chi connectivity index (χ0) is 9.97. The number of benzene rings is 1. The second kappa shape index (κ2) is 3.95. The molecular weight excluding hydrogens is 176 g/mol. The molecule has 0 unspecified atom stereocenters. The van der Waals surface area contributed by atoms with Gasteiger partial charge < -0.3 is 10.2 Å². The molecule has 0 spiro atoms. The Morgan fingerprint density at radius 1 is 1.21 bits per heavy atom. The largest absolute Gasteiger partial charge is 0.392 e. The highest BCUT2D eigenvalue weighted by molar-refractivity contribution is 5.21. The van der Waals surface area contributed by atoms with Crippen molar-refractivity contribution in [2.24, 2.45) is 5.92 Å². The molecule has 2 rings (SSSR count). The van der Waals surface area contributed by atoms with E-state index >= 15 is 0 Å². The zero-order valence-electron chi connectivity index (χ0n) is 7.88. The Balaban J connectivity index is 2.16. The van der Waals surface area contributed by atoms with Crippen LogP contribution in [-0.2, 0) is 0 Å². The molecule has 1 aromatic carbocycles. The van der Waals surface area contributed by atoms with E-state index in [2.05, 4.69) is 0 Å². The van der Waals surface area contributed by atoms with Crippen molar-refractivity contribution < 1.29 is 10.2 Å². The molecule has 74 valence electrons. The van der Waals surface area contributed by atoms with Gasteiger partial charge in [0.15, 0.2) is 0 Å². The molecule has 3 atom stereocenters. The van der Waals surface area contributed by atoms with Crippen molar-refractivity contribution in [2.45, 2.75) is 18.6 Å². The summed E-state index contributed by atoms with van der Waals surface area (Å²) in [5.74, 6) is -0.155. The van der Waals surface area contributed by atoms with Gasteiger partial charge in [-0.15, -0.1) is 0 Å². The number of rotatable bonds is 2. The van der Waals surface area contributed by atoms with Crippen molar-refractivity contribution >= 4 is 0 Å². The molecule has 1 aromatic rings. The standard InChI is InChI=1S/C12H14O2/c13-11-8-4-7-10(11)12(14)9-5-2-1-3-6-9/h1-7,10-14H,8H2/t10-,11-,12+/m1/s1. The minimum absolute atomic E-state index is 0.155. The van der Waals surface area contributed by atoms with E-state index in [1.807, 2.05) is 42.5 Å². The maximum atomic E-state index is 9.98. The molecule has 0 saturated heterocycles. The predicted octanol–water partition coefficient (Wildman–Crippen LogP) is 1.66. The number of hydrogen-bond acceptors (Lipinski definition) is 2. The Labute approximate surface area is 83.5 Å². The molecule has 0 bridgehead atoms. The van der Waals surface area contributed by atoms with Crippen molar-refractivity contribution in [1.82, 2.24) is 0 Å². The molecule has 1 aliphatic carbocycles.